The fourth-order valence-electron chi connectivity index (χ4n) is 4.09. The number of likely N-dealkylation sites (tertiary alicyclic amines) is 1. The van der Waals surface area contributed by atoms with Gasteiger partial charge in [-0.05, 0) is 56.0 Å². The molecule has 0 saturated carbocycles. The average Bonchev–Trinajstić information content (AvgIpc) is 3.36. The molecule has 34 heavy (non-hydrogen) atoms. The molecule has 0 unspecified atom stereocenters. The molecule has 3 rings (SSSR count). The highest BCUT2D eigenvalue weighted by molar-refractivity contribution is 5.96. The maximum absolute atomic E-state index is 12.7. The van der Waals surface area contributed by atoms with Crippen molar-refractivity contribution in [1.82, 2.24) is 4.90 Å². The van der Waals surface area contributed by atoms with Gasteiger partial charge in [-0.15, -0.1) is 0 Å². The molecular weight excluding hydrogens is 428 g/mol. The van der Waals surface area contributed by atoms with Gasteiger partial charge in [-0.2, -0.15) is 0 Å². The minimum atomic E-state index is -0.243. The Morgan fingerprint density at radius 1 is 1.18 bits per heavy atom. The number of nitrogens with one attached hydrogen (secondary N) is 1. The number of hydrogen-bond acceptors (Lipinski definition) is 5. The van der Waals surface area contributed by atoms with E-state index in [1.54, 1.807) is 13.0 Å². The van der Waals surface area contributed by atoms with Gasteiger partial charge in [0.1, 0.15) is 5.84 Å². The summed E-state index contributed by atoms with van der Waals surface area (Å²) in [5.41, 5.74) is 9.91. The quantitative estimate of drug-likeness (QED) is 0.316. The molecule has 180 valence electrons. The van der Waals surface area contributed by atoms with E-state index >= 15 is 0 Å². The third-order valence-electron chi connectivity index (χ3n) is 5.92. The Hall–Kier alpha value is -3.61. The highest BCUT2D eigenvalue weighted by Crippen LogP contribution is 2.19. The third kappa shape index (κ3) is 6.70. The molecule has 0 bridgehead atoms. The van der Waals surface area contributed by atoms with Crippen LogP contribution in [0.3, 0.4) is 0 Å². The number of nitrogens with zero attached hydrogens (tertiary/aromatic N) is 2. The summed E-state index contributed by atoms with van der Waals surface area (Å²) in [4.78, 5) is 28.6. The fourth-order valence-corrected chi connectivity index (χ4v) is 4.09. The molecule has 1 aliphatic heterocycles. The zero-order valence-corrected chi connectivity index (χ0v) is 20.0. The van der Waals surface area contributed by atoms with Crippen LogP contribution in [-0.2, 0) is 9.53 Å². The van der Waals surface area contributed by atoms with E-state index in [-0.39, 0.29) is 24.1 Å². The van der Waals surface area contributed by atoms with Gasteiger partial charge in [0, 0.05) is 43.0 Å². The smallest absolute Gasteiger partial charge is 0.307 e. The highest BCUT2D eigenvalue weighted by Gasteiger charge is 2.20. The molecule has 1 saturated heterocycles. The van der Waals surface area contributed by atoms with Crippen molar-refractivity contribution in [3.63, 3.8) is 0 Å². The lowest BCUT2D eigenvalue weighted by Crippen LogP contribution is -2.28. The molecule has 2 aromatic carbocycles. The molecule has 1 fully saturated rings. The number of nitrogens with two attached hydrogens (primary N) is 1. The largest absolute Gasteiger partial charge is 0.466 e. The van der Waals surface area contributed by atoms with Crippen LogP contribution in [0.25, 0.3) is 6.08 Å². The fraction of sp³-hybridized carbons (Fsp3) is 0.370. The summed E-state index contributed by atoms with van der Waals surface area (Å²) < 4.78 is 5.08. The summed E-state index contributed by atoms with van der Waals surface area (Å²) in [5, 5.41) is 7.71. The summed E-state index contributed by atoms with van der Waals surface area (Å²) in [6, 6.07) is 13.3. The molecule has 0 atom stereocenters. The van der Waals surface area contributed by atoms with Gasteiger partial charge >= 0.3 is 5.97 Å². The van der Waals surface area contributed by atoms with Crippen molar-refractivity contribution in [2.75, 3.05) is 37.7 Å². The van der Waals surface area contributed by atoms with Crippen LogP contribution >= 0.6 is 0 Å². The topological polar surface area (TPSA) is 99.7 Å². The van der Waals surface area contributed by atoms with Crippen molar-refractivity contribution in [3.8, 4) is 0 Å². The van der Waals surface area contributed by atoms with Gasteiger partial charge in [0.2, 0.25) is 0 Å². The van der Waals surface area contributed by atoms with Crippen LogP contribution in [0.2, 0.25) is 0 Å². The second-order valence-corrected chi connectivity index (χ2v) is 8.44. The maximum atomic E-state index is 12.7. The first-order valence-corrected chi connectivity index (χ1v) is 11.8. The zero-order chi connectivity index (χ0) is 24.5. The number of amidine groups is 1. The number of esters is 1. The predicted molar refractivity (Wildman–Crippen MR) is 136 cm³/mol. The molecule has 1 aliphatic rings. The number of benzene rings is 2. The SMILES string of the molecule is CCOC(=O)CCN(C/C=C/c1ccc(C(=O)N2CCCC2)c(C)c1)c1cccc(C(=N)N)c1. The van der Waals surface area contributed by atoms with E-state index in [0.717, 1.165) is 48.3 Å². The van der Waals surface area contributed by atoms with Crippen LogP contribution < -0.4 is 10.6 Å². The molecule has 0 aromatic heterocycles. The van der Waals surface area contributed by atoms with Gasteiger partial charge in [0.15, 0.2) is 0 Å². The number of carbonyl (C=O) groups excluding carboxylic acids is 2. The molecule has 7 nitrogen and oxygen atoms in total. The Bertz CT molecular complexity index is 1060. The molecule has 0 spiro atoms. The van der Waals surface area contributed by atoms with E-state index in [1.807, 2.05) is 60.4 Å². The zero-order valence-electron chi connectivity index (χ0n) is 20.0. The first-order valence-electron chi connectivity index (χ1n) is 11.8. The normalized spacial score (nSPS) is 13.3. The molecule has 0 radical (unpaired) electrons. The molecule has 7 heteroatoms. The monoisotopic (exact) mass is 462 g/mol. The van der Waals surface area contributed by atoms with Crippen molar-refractivity contribution in [1.29, 1.82) is 5.41 Å². The molecular formula is C27H34N4O3. The molecule has 3 N–H and O–H groups in total. The van der Waals surface area contributed by atoms with Gasteiger partial charge in [-0.1, -0.05) is 36.4 Å². The Morgan fingerprint density at radius 3 is 2.62 bits per heavy atom. The summed E-state index contributed by atoms with van der Waals surface area (Å²) in [5.74, 6) is -0.129. The van der Waals surface area contributed by atoms with Crippen molar-refractivity contribution in [3.05, 3.63) is 70.8 Å². The van der Waals surface area contributed by atoms with E-state index < -0.39 is 0 Å². The van der Waals surface area contributed by atoms with Crippen molar-refractivity contribution in [2.24, 2.45) is 5.73 Å². The lowest BCUT2D eigenvalue weighted by Gasteiger charge is -2.23. The second-order valence-electron chi connectivity index (χ2n) is 8.44. The Balaban J connectivity index is 1.72. The number of carbonyl (C=O) groups is 2. The maximum Gasteiger partial charge on any atom is 0.307 e. The van der Waals surface area contributed by atoms with Crippen LogP contribution in [0.1, 0.15) is 53.2 Å². The van der Waals surface area contributed by atoms with Gasteiger partial charge in [-0.3, -0.25) is 15.0 Å². The Morgan fingerprint density at radius 2 is 1.94 bits per heavy atom. The van der Waals surface area contributed by atoms with Crippen LogP contribution in [0.4, 0.5) is 5.69 Å². The Kier molecular flexibility index (Phi) is 8.85. The highest BCUT2D eigenvalue weighted by atomic mass is 16.5. The Labute approximate surface area is 201 Å². The van der Waals surface area contributed by atoms with Gasteiger partial charge in [0.25, 0.3) is 5.91 Å². The van der Waals surface area contributed by atoms with Gasteiger partial charge in [-0.25, -0.2) is 0 Å². The minimum absolute atomic E-state index is 0.00165. The lowest BCUT2D eigenvalue weighted by molar-refractivity contribution is -0.142. The number of ether oxygens (including phenoxy) is 1. The van der Waals surface area contributed by atoms with Crippen molar-refractivity contribution in [2.45, 2.75) is 33.1 Å². The summed E-state index contributed by atoms with van der Waals surface area (Å²) in [6.07, 6.45) is 6.46. The summed E-state index contributed by atoms with van der Waals surface area (Å²) in [7, 11) is 0. The van der Waals surface area contributed by atoms with Crippen LogP contribution in [0, 0.1) is 12.3 Å². The molecule has 0 aliphatic carbocycles. The van der Waals surface area contributed by atoms with Gasteiger partial charge < -0.3 is 20.3 Å². The number of nitrogen functional groups attached to an aromatic ring is 1. The van der Waals surface area contributed by atoms with Gasteiger partial charge in [0.05, 0.1) is 13.0 Å². The van der Waals surface area contributed by atoms with Crippen molar-refractivity contribution < 1.29 is 14.3 Å². The minimum Gasteiger partial charge on any atom is -0.466 e. The number of aryl methyl sites for hydroxylation is 1. The summed E-state index contributed by atoms with van der Waals surface area (Å²) >= 11 is 0. The average molecular weight is 463 g/mol. The van der Waals surface area contributed by atoms with E-state index in [1.165, 1.54) is 0 Å². The number of rotatable bonds is 10. The standard InChI is InChI=1S/C27H34N4O3/c1-3-34-25(32)13-17-30(23-10-6-9-22(19-23)26(28)29)16-7-8-21-11-12-24(20(2)18-21)27(33)31-14-4-5-15-31/h6-12,18-19H,3-5,13-17H2,1-2H3,(H3,28,29)/b8-7+. The molecule has 1 heterocycles. The van der Waals surface area contributed by atoms with E-state index in [0.29, 0.717) is 25.3 Å². The molecule has 1 amide bonds. The lowest BCUT2D eigenvalue weighted by atomic mass is 10.0. The van der Waals surface area contributed by atoms with Crippen LogP contribution in [-0.4, -0.2) is 55.4 Å². The first kappa shape index (κ1) is 25.0. The second kappa shape index (κ2) is 12.0. The first-order chi connectivity index (χ1) is 16.4. The number of anilines is 1. The van der Waals surface area contributed by atoms with E-state index in [2.05, 4.69) is 4.90 Å². The van der Waals surface area contributed by atoms with E-state index in [4.69, 9.17) is 15.9 Å². The number of hydrogen-bond donors (Lipinski definition) is 2. The number of amides is 1. The molecule has 2 aromatic rings. The predicted octanol–water partition coefficient (Wildman–Crippen LogP) is 3.99. The van der Waals surface area contributed by atoms with Crippen LogP contribution in [0.15, 0.2) is 48.5 Å². The summed E-state index contributed by atoms with van der Waals surface area (Å²) in [6.45, 7) is 6.84. The van der Waals surface area contributed by atoms with Crippen LogP contribution in [0.5, 0.6) is 0 Å². The van der Waals surface area contributed by atoms with Crippen molar-refractivity contribution >= 4 is 29.5 Å². The third-order valence-corrected chi connectivity index (χ3v) is 5.92. The van der Waals surface area contributed by atoms with E-state index in [9.17, 15) is 9.59 Å².